The fraction of sp³-hybridized carbons (Fsp3) is 0.200. The van der Waals surface area contributed by atoms with Gasteiger partial charge in [0.15, 0.2) is 0 Å². The van der Waals surface area contributed by atoms with Crippen LogP contribution >= 0.6 is 22.7 Å². The first-order chi connectivity index (χ1) is 11.9. The van der Waals surface area contributed by atoms with Gasteiger partial charge in [-0.25, -0.2) is 4.39 Å². The summed E-state index contributed by atoms with van der Waals surface area (Å²) in [4.78, 5) is 11.9. The van der Waals surface area contributed by atoms with Crippen LogP contribution in [0.4, 0.5) is 4.39 Å². The highest BCUT2D eigenvalue weighted by Crippen LogP contribution is 2.22. The van der Waals surface area contributed by atoms with Crippen LogP contribution in [0.5, 0.6) is 0 Å². The highest BCUT2D eigenvalue weighted by atomic mass is 32.2. The highest BCUT2D eigenvalue weighted by Gasteiger charge is 2.18. The summed E-state index contributed by atoms with van der Waals surface area (Å²) in [5, 5.41) is 1.62. The van der Waals surface area contributed by atoms with Crippen LogP contribution in [0.3, 0.4) is 0 Å². The summed E-state index contributed by atoms with van der Waals surface area (Å²) in [7, 11) is -3.94. The molecule has 0 aliphatic heterocycles. The van der Waals surface area contributed by atoms with E-state index in [-0.39, 0.29) is 27.7 Å². The summed E-state index contributed by atoms with van der Waals surface area (Å²) in [5.74, 6) is -1.16. The molecule has 0 unspecified atom stereocenters. The van der Waals surface area contributed by atoms with Crippen LogP contribution < -0.4 is 4.80 Å². The van der Waals surface area contributed by atoms with Crippen molar-refractivity contribution < 1.29 is 22.3 Å². The molecule has 2 aromatic heterocycles. The number of halogens is 1. The number of thiophene rings is 1. The van der Waals surface area contributed by atoms with E-state index in [0.29, 0.717) is 4.70 Å². The van der Waals surface area contributed by atoms with Gasteiger partial charge in [0, 0.05) is 0 Å². The van der Waals surface area contributed by atoms with E-state index in [0.717, 1.165) is 22.7 Å². The number of carbonyl (C=O) groups is 1. The number of fused-ring (bicyclic) bond motifs is 1. The lowest BCUT2D eigenvalue weighted by molar-refractivity contribution is -0.143. The van der Waals surface area contributed by atoms with Crippen LogP contribution in [-0.4, -0.2) is 25.6 Å². The van der Waals surface area contributed by atoms with Crippen molar-refractivity contribution >= 4 is 48.9 Å². The number of nitrogens with zero attached hydrogens (tertiary/aromatic N) is 2. The van der Waals surface area contributed by atoms with Gasteiger partial charge < -0.3 is 9.30 Å². The van der Waals surface area contributed by atoms with Crippen LogP contribution in [0.15, 0.2) is 44.3 Å². The molecule has 0 amide bonds. The molecule has 25 heavy (non-hydrogen) atoms. The van der Waals surface area contributed by atoms with Gasteiger partial charge in [-0.3, -0.25) is 4.79 Å². The molecular formula is C15H13FN2O4S3. The smallest absolute Gasteiger partial charge is 0.326 e. The molecule has 0 bridgehead atoms. The van der Waals surface area contributed by atoms with Gasteiger partial charge in [-0.1, -0.05) is 23.5 Å². The van der Waals surface area contributed by atoms with Crippen LogP contribution in [0.25, 0.3) is 10.2 Å². The molecule has 0 atom stereocenters. The molecule has 0 aliphatic rings. The molecule has 1 aromatic carbocycles. The number of thiazole rings is 1. The first-order valence-corrected chi connectivity index (χ1v) is 10.3. The van der Waals surface area contributed by atoms with Gasteiger partial charge in [-0.15, -0.1) is 15.7 Å². The predicted molar refractivity (Wildman–Crippen MR) is 93.5 cm³/mol. The molecule has 0 fully saturated rings. The highest BCUT2D eigenvalue weighted by molar-refractivity contribution is 7.92. The fourth-order valence-corrected chi connectivity index (χ4v) is 5.41. The van der Waals surface area contributed by atoms with Crippen LogP contribution in [-0.2, 0) is 26.1 Å². The Kier molecular flexibility index (Phi) is 5.02. The number of para-hydroxylation sites is 1. The summed E-state index contributed by atoms with van der Waals surface area (Å²) in [6.07, 6.45) is 0. The van der Waals surface area contributed by atoms with Gasteiger partial charge in [0.2, 0.25) is 4.80 Å². The number of ether oxygens (including phenoxy) is 1. The topological polar surface area (TPSA) is 77.7 Å². The van der Waals surface area contributed by atoms with Crippen molar-refractivity contribution in [2.45, 2.75) is 17.7 Å². The normalized spacial score (nSPS) is 12.6. The van der Waals surface area contributed by atoms with E-state index in [1.807, 2.05) is 0 Å². The average Bonchev–Trinajstić information content (AvgIpc) is 3.17. The van der Waals surface area contributed by atoms with Crippen molar-refractivity contribution in [1.82, 2.24) is 4.57 Å². The second kappa shape index (κ2) is 7.06. The Morgan fingerprint density at radius 3 is 2.80 bits per heavy atom. The lowest BCUT2D eigenvalue weighted by Crippen LogP contribution is -2.23. The molecule has 0 aliphatic carbocycles. The van der Waals surface area contributed by atoms with E-state index in [4.69, 9.17) is 4.74 Å². The van der Waals surface area contributed by atoms with Crippen molar-refractivity contribution in [3.8, 4) is 0 Å². The number of benzene rings is 1. The van der Waals surface area contributed by atoms with Gasteiger partial charge >= 0.3 is 5.97 Å². The number of sulfonamides is 1. The van der Waals surface area contributed by atoms with Gasteiger partial charge in [0.25, 0.3) is 10.0 Å². The Morgan fingerprint density at radius 2 is 2.12 bits per heavy atom. The number of hydrogen-bond acceptors (Lipinski definition) is 6. The molecule has 132 valence electrons. The minimum absolute atomic E-state index is 0.0153. The second-order valence-electron chi connectivity index (χ2n) is 4.86. The molecule has 0 saturated carbocycles. The fourth-order valence-electron chi connectivity index (χ4n) is 2.20. The number of rotatable bonds is 5. The number of aromatic nitrogens is 1. The monoisotopic (exact) mass is 400 g/mol. The SMILES string of the molecule is CCOC(=O)Cn1c(=NS(=O)(=O)c2cccs2)sc2cccc(F)c21. The minimum Gasteiger partial charge on any atom is -0.465 e. The van der Waals surface area contributed by atoms with Crippen molar-refractivity contribution in [3.63, 3.8) is 0 Å². The Bertz CT molecular complexity index is 1080. The molecule has 0 spiro atoms. The Balaban J connectivity index is 2.22. The maximum atomic E-state index is 14.2. The first kappa shape index (κ1) is 17.8. The molecule has 0 radical (unpaired) electrons. The summed E-state index contributed by atoms with van der Waals surface area (Å²) < 4.78 is 49.6. The molecular weight excluding hydrogens is 387 g/mol. The molecule has 2 heterocycles. The summed E-state index contributed by atoms with van der Waals surface area (Å²) in [6, 6.07) is 7.44. The number of carbonyl (C=O) groups excluding carboxylic acids is 1. The van der Waals surface area contributed by atoms with E-state index >= 15 is 0 Å². The Labute approximate surface area is 150 Å². The van der Waals surface area contributed by atoms with Gasteiger partial charge in [-0.2, -0.15) is 8.42 Å². The summed E-state index contributed by atoms with van der Waals surface area (Å²) in [6.45, 7) is 1.50. The van der Waals surface area contributed by atoms with Crippen molar-refractivity contribution in [1.29, 1.82) is 0 Å². The van der Waals surface area contributed by atoms with Crippen molar-refractivity contribution in [2.24, 2.45) is 4.40 Å². The van der Waals surface area contributed by atoms with Gasteiger partial charge in [0.05, 0.1) is 16.8 Å². The molecule has 0 saturated heterocycles. The van der Waals surface area contributed by atoms with E-state index in [1.54, 1.807) is 24.4 Å². The molecule has 3 rings (SSSR count). The zero-order valence-corrected chi connectivity index (χ0v) is 15.5. The van der Waals surface area contributed by atoms with Crippen LogP contribution in [0, 0.1) is 5.82 Å². The summed E-state index contributed by atoms with van der Waals surface area (Å²) in [5.41, 5.74) is 0.126. The number of esters is 1. The lowest BCUT2D eigenvalue weighted by Gasteiger charge is -2.05. The second-order valence-corrected chi connectivity index (χ2v) is 8.65. The quantitative estimate of drug-likeness (QED) is 0.617. The van der Waals surface area contributed by atoms with Crippen molar-refractivity contribution in [3.05, 3.63) is 46.3 Å². The standard InChI is InChI=1S/C15H13FN2O4S3/c1-2-22-12(19)9-18-14-10(16)5-3-6-11(14)24-15(18)17-25(20,21)13-7-4-8-23-13/h3-8H,2,9H2,1H3. The average molecular weight is 400 g/mol. The van der Waals surface area contributed by atoms with Gasteiger partial charge in [0.1, 0.15) is 16.6 Å². The third-order valence-electron chi connectivity index (χ3n) is 3.19. The number of hydrogen-bond donors (Lipinski definition) is 0. The Morgan fingerprint density at radius 1 is 1.32 bits per heavy atom. The summed E-state index contributed by atoms with van der Waals surface area (Å²) >= 11 is 2.03. The molecule has 6 nitrogen and oxygen atoms in total. The predicted octanol–water partition coefficient (Wildman–Crippen LogP) is 2.76. The lowest BCUT2D eigenvalue weighted by atomic mass is 10.3. The van der Waals surface area contributed by atoms with Crippen LogP contribution in [0.1, 0.15) is 6.92 Å². The molecule has 0 N–H and O–H groups in total. The van der Waals surface area contributed by atoms with E-state index in [1.165, 1.54) is 22.8 Å². The molecule has 10 heteroatoms. The maximum absolute atomic E-state index is 14.2. The van der Waals surface area contributed by atoms with Crippen LogP contribution in [0.2, 0.25) is 0 Å². The maximum Gasteiger partial charge on any atom is 0.326 e. The zero-order chi connectivity index (χ0) is 18.0. The Hall–Kier alpha value is -2.04. The van der Waals surface area contributed by atoms with E-state index in [9.17, 15) is 17.6 Å². The van der Waals surface area contributed by atoms with E-state index < -0.39 is 21.8 Å². The van der Waals surface area contributed by atoms with E-state index in [2.05, 4.69) is 4.40 Å². The first-order valence-electron chi connectivity index (χ1n) is 7.20. The third kappa shape index (κ3) is 3.65. The van der Waals surface area contributed by atoms with Crippen molar-refractivity contribution in [2.75, 3.05) is 6.61 Å². The third-order valence-corrected chi connectivity index (χ3v) is 6.99. The minimum atomic E-state index is -3.94. The van der Waals surface area contributed by atoms with Gasteiger partial charge in [-0.05, 0) is 30.5 Å². The molecule has 3 aromatic rings. The largest absolute Gasteiger partial charge is 0.465 e. The zero-order valence-electron chi connectivity index (χ0n) is 13.0.